The van der Waals surface area contributed by atoms with Gasteiger partial charge in [0.2, 0.25) is 0 Å². The van der Waals surface area contributed by atoms with Crippen LogP contribution in [0.2, 0.25) is 0 Å². The zero-order chi connectivity index (χ0) is 13.0. The second-order valence-electron chi connectivity index (χ2n) is 4.93. The molecule has 0 radical (unpaired) electrons. The van der Waals surface area contributed by atoms with Gasteiger partial charge in [-0.3, -0.25) is 4.79 Å². The molecule has 102 valence electrons. The monoisotopic (exact) mass is 272 g/mol. The SMILES string of the molecule is NC(=S)C1(NC(=O)C2COCCO2)CCCCC1. The number of nitrogens with two attached hydrogens (primary N) is 1. The number of hydrogen-bond donors (Lipinski definition) is 2. The summed E-state index contributed by atoms with van der Waals surface area (Å²) in [7, 11) is 0. The van der Waals surface area contributed by atoms with E-state index in [2.05, 4.69) is 5.32 Å². The molecule has 0 spiro atoms. The van der Waals surface area contributed by atoms with Gasteiger partial charge >= 0.3 is 0 Å². The van der Waals surface area contributed by atoms with E-state index in [4.69, 9.17) is 27.4 Å². The first-order valence-electron chi connectivity index (χ1n) is 6.45. The summed E-state index contributed by atoms with van der Waals surface area (Å²) in [5.41, 5.74) is 5.30. The maximum absolute atomic E-state index is 12.1. The Morgan fingerprint density at radius 2 is 2.00 bits per heavy atom. The topological polar surface area (TPSA) is 73.6 Å². The first kappa shape index (κ1) is 13.7. The van der Waals surface area contributed by atoms with E-state index in [9.17, 15) is 4.79 Å². The summed E-state index contributed by atoms with van der Waals surface area (Å²) >= 11 is 5.14. The Labute approximate surface area is 112 Å². The molecule has 1 atom stereocenters. The minimum atomic E-state index is -0.535. The van der Waals surface area contributed by atoms with Crippen LogP contribution in [0.4, 0.5) is 0 Å². The third-order valence-corrected chi connectivity index (χ3v) is 4.04. The van der Waals surface area contributed by atoms with Crippen molar-refractivity contribution >= 4 is 23.1 Å². The lowest BCUT2D eigenvalue weighted by atomic mass is 9.81. The van der Waals surface area contributed by atoms with Gasteiger partial charge in [-0.1, -0.05) is 31.5 Å². The molecule has 1 saturated carbocycles. The molecule has 0 aromatic rings. The maximum Gasteiger partial charge on any atom is 0.252 e. The summed E-state index contributed by atoms with van der Waals surface area (Å²) in [5.74, 6) is -0.163. The van der Waals surface area contributed by atoms with E-state index < -0.39 is 11.6 Å². The quantitative estimate of drug-likeness (QED) is 0.732. The number of amides is 1. The van der Waals surface area contributed by atoms with Crippen molar-refractivity contribution in [3.8, 4) is 0 Å². The van der Waals surface area contributed by atoms with Crippen LogP contribution < -0.4 is 11.1 Å². The second kappa shape index (κ2) is 5.95. The van der Waals surface area contributed by atoms with Gasteiger partial charge in [0, 0.05) is 0 Å². The molecule has 18 heavy (non-hydrogen) atoms. The van der Waals surface area contributed by atoms with E-state index in [1.54, 1.807) is 0 Å². The molecule has 0 aromatic carbocycles. The van der Waals surface area contributed by atoms with Crippen LogP contribution in [0, 0.1) is 0 Å². The van der Waals surface area contributed by atoms with Crippen molar-refractivity contribution in [2.24, 2.45) is 5.73 Å². The summed E-state index contributed by atoms with van der Waals surface area (Å²) in [6.45, 7) is 1.31. The molecule has 1 saturated heterocycles. The molecule has 3 N–H and O–H groups in total. The van der Waals surface area contributed by atoms with Crippen molar-refractivity contribution in [1.29, 1.82) is 0 Å². The lowest BCUT2D eigenvalue weighted by Gasteiger charge is -2.38. The summed E-state index contributed by atoms with van der Waals surface area (Å²) in [6.07, 6.45) is 4.36. The van der Waals surface area contributed by atoms with Crippen LogP contribution in [0.5, 0.6) is 0 Å². The van der Waals surface area contributed by atoms with Crippen LogP contribution in [0.25, 0.3) is 0 Å². The number of hydrogen-bond acceptors (Lipinski definition) is 4. The zero-order valence-electron chi connectivity index (χ0n) is 10.4. The number of carbonyl (C=O) groups is 1. The largest absolute Gasteiger partial charge is 0.391 e. The van der Waals surface area contributed by atoms with Gasteiger partial charge < -0.3 is 20.5 Å². The van der Waals surface area contributed by atoms with Crippen LogP contribution in [0.1, 0.15) is 32.1 Å². The van der Waals surface area contributed by atoms with E-state index in [-0.39, 0.29) is 5.91 Å². The lowest BCUT2D eigenvalue weighted by molar-refractivity contribution is -0.149. The molecular weight excluding hydrogens is 252 g/mol. The van der Waals surface area contributed by atoms with Gasteiger partial charge in [0.25, 0.3) is 5.91 Å². The fourth-order valence-electron chi connectivity index (χ4n) is 2.54. The van der Waals surface area contributed by atoms with Crippen LogP contribution in [-0.4, -0.2) is 42.4 Å². The molecule has 2 fully saturated rings. The Bertz CT molecular complexity index is 323. The molecule has 1 amide bonds. The van der Waals surface area contributed by atoms with E-state index in [1.165, 1.54) is 6.42 Å². The molecule has 1 unspecified atom stereocenters. The Balaban J connectivity index is 1.99. The van der Waals surface area contributed by atoms with E-state index in [0.717, 1.165) is 25.7 Å². The fraction of sp³-hybridized carbons (Fsp3) is 0.833. The average molecular weight is 272 g/mol. The molecule has 2 aliphatic rings. The van der Waals surface area contributed by atoms with Crippen LogP contribution in [0.15, 0.2) is 0 Å². The molecule has 6 heteroatoms. The van der Waals surface area contributed by atoms with E-state index in [0.29, 0.717) is 24.8 Å². The molecule has 0 bridgehead atoms. The highest BCUT2D eigenvalue weighted by Crippen LogP contribution is 2.28. The first-order valence-corrected chi connectivity index (χ1v) is 6.86. The van der Waals surface area contributed by atoms with Gasteiger partial charge in [0.15, 0.2) is 6.10 Å². The summed E-state index contributed by atoms with van der Waals surface area (Å²) in [4.78, 5) is 12.5. The summed E-state index contributed by atoms with van der Waals surface area (Å²) in [6, 6.07) is 0. The summed E-state index contributed by atoms with van der Waals surface area (Å²) in [5, 5.41) is 2.99. The van der Waals surface area contributed by atoms with Gasteiger partial charge in [-0.2, -0.15) is 0 Å². The Kier molecular flexibility index (Phi) is 4.53. The van der Waals surface area contributed by atoms with Crippen molar-refractivity contribution < 1.29 is 14.3 Å². The second-order valence-corrected chi connectivity index (χ2v) is 5.37. The van der Waals surface area contributed by atoms with Gasteiger partial charge in [-0.05, 0) is 12.8 Å². The smallest absolute Gasteiger partial charge is 0.252 e. The standard InChI is InChI=1S/C12H20N2O3S/c13-11(18)12(4-2-1-3-5-12)14-10(15)9-8-16-6-7-17-9/h9H,1-8H2,(H2,13,18)(H,14,15). The number of ether oxygens (including phenoxy) is 2. The Hall–Kier alpha value is -0.720. The van der Waals surface area contributed by atoms with Gasteiger partial charge in [-0.25, -0.2) is 0 Å². The number of thiocarbonyl (C=S) groups is 1. The van der Waals surface area contributed by atoms with Crippen molar-refractivity contribution in [1.82, 2.24) is 5.32 Å². The molecule has 2 rings (SSSR count). The first-order chi connectivity index (χ1) is 8.64. The number of carbonyl (C=O) groups excluding carboxylic acids is 1. The van der Waals surface area contributed by atoms with Crippen molar-refractivity contribution in [3.63, 3.8) is 0 Å². The van der Waals surface area contributed by atoms with E-state index >= 15 is 0 Å². The highest BCUT2D eigenvalue weighted by Gasteiger charge is 2.38. The minimum Gasteiger partial charge on any atom is -0.391 e. The number of nitrogens with one attached hydrogen (secondary N) is 1. The third-order valence-electron chi connectivity index (χ3n) is 3.65. The van der Waals surface area contributed by atoms with Gasteiger partial charge in [-0.15, -0.1) is 0 Å². The maximum atomic E-state index is 12.1. The highest BCUT2D eigenvalue weighted by atomic mass is 32.1. The molecular formula is C12H20N2O3S. The Morgan fingerprint density at radius 3 is 2.56 bits per heavy atom. The summed E-state index contributed by atoms with van der Waals surface area (Å²) < 4.78 is 10.6. The molecule has 1 heterocycles. The predicted molar refractivity (Wildman–Crippen MR) is 71.3 cm³/mol. The Morgan fingerprint density at radius 1 is 1.28 bits per heavy atom. The molecule has 5 nitrogen and oxygen atoms in total. The highest BCUT2D eigenvalue weighted by molar-refractivity contribution is 7.80. The minimum absolute atomic E-state index is 0.163. The van der Waals surface area contributed by atoms with Crippen molar-refractivity contribution in [2.45, 2.75) is 43.7 Å². The fourth-order valence-corrected chi connectivity index (χ4v) is 2.80. The zero-order valence-corrected chi connectivity index (χ0v) is 11.3. The van der Waals surface area contributed by atoms with Crippen LogP contribution in [0.3, 0.4) is 0 Å². The molecule has 1 aliphatic heterocycles. The average Bonchev–Trinajstić information content (AvgIpc) is 2.40. The third kappa shape index (κ3) is 2.99. The van der Waals surface area contributed by atoms with Gasteiger partial charge in [0.1, 0.15) is 0 Å². The number of rotatable bonds is 3. The normalized spacial score (nSPS) is 27.4. The van der Waals surface area contributed by atoms with Crippen molar-refractivity contribution in [3.05, 3.63) is 0 Å². The molecule has 0 aromatic heterocycles. The van der Waals surface area contributed by atoms with Crippen molar-refractivity contribution in [2.75, 3.05) is 19.8 Å². The van der Waals surface area contributed by atoms with Gasteiger partial charge in [0.05, 0.1) is 30.3 Å². The van der Waals surface area contributed by atoms with Crippen LogP contribution in [-0.2, 0) is 14.3 Å². The predicted octanol–water partition coefficient (Wildman–Crippen LogP) is 0.507. The molecule has 1 aliphatic carbocycles. The van der Waals surface area contributed by atoms with Crippen LogP contribution >= 0.6 is 12.2 Å². The van der Waals surface area contributed by atoms with E-state index in [1.807, 2.05) is 0 Å². The lowest BCUT2D eigenvalue weighted by Crippen LogP contribution is -2.60.